The molecule has 4 nitrogen and oxygen atoms in total. The number of hydroxylamine groups is 1. The van der Waals surface area contributed by atoms with Crippen molar-refractivity contribution in [2.45, 2.75) is 18.9 Å². The molecule has 1 heterocycles. The first-order valence-corrected chi connectivity index (χ1v) is 6.13. The van der Waals surface area contributed by atoms with Crippen molar-refractivity contribution in [1.82, 2.24) is 10.8 Å². The summed E-state index contributed by atoms with van der Waals surface area (Å²) in [4.78, 5) is 16.7. The van der Waals surface area contributed by atoms with Crippen LogP contribution in [0.3, 0.4) is 0 Å². The van der Waals surface area contributed by atoms with E-state index in [-0.39, 0.29) is 17.8 Å². The van der Waals surface area contributed by atoms with Gasteiger partial charge in [-0.3, -0.25) is 4.79 Å². The summed E-state index contributed by atoms with van der Waals surface area (Å²) >= 11 is 0. The SMILES string of the molecule is O=C(NC1CC1)c1ccc(F)c(C2=CNOC=C2)c1. The molecule has 5 heteroatoms. The fourth-order valence-electron chi connectivity index (χ4n) is 1.84. The molecule has 0 aromatic heterocycles. The molecule has 0 spiro atoms. The Hall–Kier alpha value is -2.30. The van der Waals surface area contributed by atoms with Crippen molar-refractivity contribution in [2.75, 3.05) is 0 Å². The lowest BCUT2D eigenvalue weighted by atomic mass is 10.0. The first-order valence-electron chi connectivity index (χ1n) is 6.13. The van der Waals surface area contributed by atoms with Gasteiger partial charge in [-0.15, -0.1) is 0 Å². The molecule has 2 N–H and O–H groups in total. The zero-order chi connectivity index (χ0) is 13.2. The summed E-state index contributed by atoms with van der Waals surface area (Å²) in [6, 6.07) is 4.63. The summed E-state index contributed by atoms with van der Waals surface area (Å²) in [6.07, 6.45) is 6.65. The lowest BCUT2D eigenvalue weighted by molar-refractivity contribution is 0.0951. The number of carbonyl (C=O) groups is 1. The molecule has 1 aromatic carbocycles. The van der Waals surface area contributed by atoms with E-state index < -0.39 is 0 Å². The number of amides is 1. The Balaban J connectivity index is 1.88. The number of halogens is 1. The lowest BCUT2D eigenvalue weighted by Crippen LogP contribution is -2.25. The van der Waals surface area contributed by atoms with Crippen molar-refractivity contribution in [3.8, 4) is 0 Å². The van der Waals surface area contributed by atoms with E-state index >= 15 is 0 Å². The maximum Gasteiger partial charge on any atom is 0.251 e. The molecule has 0 unspecified atom stereocenters. The zero-order valence-electron chi connectivity index (χ0n) is 10.2. The summed E-state index contributed by atoms with van der Waals surface area (Å²) in [7, 11) is 0. The molecule has 0 saturated heterocycles. The Kier molecular flexibility index (Phi) is 2.95. The van der Waals surface area contributed by atoms with Crippen LogP contribution in [0.25, 0.3) is 5.57 Å². The predicted octanol–water partition coefficient (Wildman–Crippen LogP) is 2.11. The quantitative estimate of drug-likeness (QED) is 0.875. The van der Waals surface area contributed by atoms with Crippen molar-refractivity contribution in [1.29, 1.82) is 0 Å². The number of allylic oxidation sites excluding steroid dienone is 2. The molecular weight excluding hydrogens is 247 g/mol. The second kappa shape index (κ2) is 4.76. The molecule has 1 amide bonds. The first-order chi connectivity index (χ1) is 9.24. The third-order valence-corrected chi connectivity index (χ3v) is 3.05. The number of rotatable bonds is 3. The van der Waals surface area contributed by atoms with Gasteiger partial charge in [0.05, 0.1) is 0 Å². The number of carbonyl (C=O) groups excluding carboxylic acids is 1. The fourth-order valence-corrected chi connectivity index (χ4v) is 1.84. The van der Waals surface area contributed by atoms with Gasteiger partial charge in [-0.1, -0.05) is 0 Å². The van der Waals surface area contributed by atoms with Crippen LogP contribution in [0, 0.1) is 5.82 Å². The van der Waals surface area contributed by atoms with Gasteiger partial charge in [0.15, 0.2) is 0 Å². The normalized spacial score (nSPS) is 17.2. The van der Waals surface area contributed by atoms with E-state index in [9.17, 15) is 9.18 Å². The van der Waals surface area contributed by atoms with Crippen LogP contribution in [0.2, 0.25) is 0 Å². The number of hydrogen-bond donors (Lipinski definition) is 2. The van der Waals surface area contributed by atoms with Crippen molar-refractivity contribution in [3.05, 3.63) is 53.7 Å². The van der Waals surface area contributed by atoms with Crippen LogP contribution in [0.4, 0.5) is 4.39 Å². The molecule has 19 heavy (non-hydrogen) atoms. The van der Waals surface area contributed by atoms with E-state index in [4.69, 9.17) is 4.84 Å². The molecule has 1 aliphatic heterocycles. The smallest absolute Gasteiger partial charge is 0.251 e. The number of hydrogen-bond acceptors (Lipinski definition) is 3. The van der Waals surface area contributed by atoms with Crippen LogP contribution in [0.5, 0.6) is 0 Å². The van der Waals surface area contributed by atoms with Crippen LogP contribution in [0.1, 0.15) is 28.8 Å². The average Bonchev–Trinajstić information content (AvgIpc) is 3.24. The van der Waals surface area contributed by atoms with Gasteiger partial charge in [0, 0.05) is 28.9 Å². The van der Waals surface area contributed by atoms with Crippen LogP contribution in [0.15, 0.2) is 36.7 Å². The fraction of sp³-hybridized carbons (Fsp3) is 0.214. The Labute approximate surface area is 109 Å². The van der Waals surface area contributed by atoms with E-state index in [1.54, 1.807) is 18.3 Å². The van der Waals surface area contributed by atoms with Crippen molar-refractivity contribution in [3.63, 3.8) is 0 Å². The zero-order valence-corrected chi connectivity index (χ0v) is 10.2. The number of nitrogens with one attached hydrogen (secondary N) is 2. The van der Waals surface area contributed by atoms with Crippen LogP contribution in [-0.4, -0.2) is 11.9 Å². The molecular formula is C14H13FN2O2. The van der Waals surface area contributed by atoms with Crippen molar-refractivity contribution >= 4 is 11.5 Å². The third-order valence-electron chi connectivity index (χ3n) is 3.05. The lowest BCUT2D eigenvalue weighted by Gasteiger charge is -2.11. The van der Waals surface area contributed by atoms with Crippen molar-refractivity contribution < 1.29 is 14.0 Å². The largest absolute Gasteiger partial charge is 0.391 e. The minimum atomic E-state index is -0.373. The van der Waals surface area contributed by atoms with Gasteiger partial charge in [-0.25, -0.2) is 9.87 Å². The molecule has 98 valence electrons. The molecule has 1 saturated carbocycles. The summed E-state index contributed by atoms with van der Waals surface area (Å²) in [5.41, 5.74) is 4.00. The second-order valence-electron chi connectivity index (χ2n) is 4.58. The minimum Gasteiger partial charge on any atom is -0.391 e. The molecule has 0 radical (unpaired) electrons. The summed E-state index contributed by atoms with van der Waals surface area (Å²) in [5, 5.41) is 2.88. The Bertz CT molecular complexity index is 577. The van der Waals surface area contributed by atoms with Crippen molar-refractivity contribution in [2.24, 2.45) is 0 Å². The monoisotopic (exact) mass is 260 g/mol. The maximum absolute atomic E-state index is 13.8. The van der Waals surface area contributed by atoms with E-state index in [2.05, 4.69) is 10.8 Å². The Morgan fingerprint density at radius 3 is 2.95 bits per heavy atom. The summed E-state index contributed by atoms with van der Waals surface area (Å²) in [6.45, 7) is 0. The van der Waals surface area contributed by atoms with Gasteiger partial charge in [0.1, 0.15) is 12.1 Å². The predicted molar refractivity (Wildman–Crippen MR) is 68.2 cm³/mol. The standard InChI is InChI=1S/C14H13FN2O2/c15-13-4-1-9(14(18)17-11-2-3-11)7-12(13)10-5-6-19-16-8-10/h1,4-8,11,16H,2-3H2,(H,17,18). The Morgan fingerprint density at radius 1 is 1.42 bits per heavy atom. The minimum absolute atomic E-state index is 0.159. The maximum atomic E-state index is 13.8. The van der Waals surface area contributed by atoms with Gasteiger partial charge in [-0.2, -0.15) is 0 Å². The van der Waals surface area contributed by atoms with E-state index in [1.165, 1.54) is 18.4 Å². The van der Waals surface area contributed by atoms with Gasteiger partial charge < -0.3 is 10.2 Å². The van der Waals surface area contributed by atoms with Crippen LogP contribution in [-0.2, 0) is 4.84 Å². The van der Waals surface area contributed by atoms with E-state index in [0.29, 0.717) is 16.7 Å². The molecule has 1 aromatic rings. The van der Waals surface area contributed by atoms with E-state index in [0.717, 1.165) is 12.8 Å². The van der Waals surface area contributed by atoms with Gasteiger partial charge in [-0.05, 0) is 37.1 Å². The van der Waals surface area contributed by atoms with Gasteiger partial charge in [0.2, 0.25) is 0 Å². The molecule has 1 aliphatic carbocycles. The van der Waals surface area contributed by atoms with Crippen LogP contribution >= 0.6 is 0 Å². The molecule has 0 atom stereocenters. The van der Waals surface area contributed by atoms with E-state index in [1.807, 2.05) is 0 Å². The summed E-state index contributed by atoms with van der Waals surface area (Å²) in [5.74, 6) is -0.532. The van der Waals surface area contributed by atoms with Crippen LogP contribution < -0.4 is 10.8 Å². The average molecular weight is 260 g/mol. The first kappa shape index (κ1) is 11.8. The molecule has 3 rings (SSSR count). The highest BCUT2D eigenvalue weighted by Gasteiger charge is 2.24. The molecule has 0 bridgehead atoms. The third kappa shape index (κ3) is 2.59. The highest BCUT2D eigenvalue weighted by molar-refractivity contribution is 5.95. The number of benzene rings is 1. The molecule has 1 fully saturated rings. The van der Waals surface area contributed by atoms with Gasteiger partial charge in [0.25, 0.3) is 5.91 Å². The highest BCUT2D eigenvalue weighted by atomic mass is 19.1. The second-order valence-corrected chi connectivity index (χ2v) is 4.58. The Morgan fingerprint density at radius 2 is 2.26 bits per heavy atom. The topological polar surface area (TPSA) is 50.4 Å². The van der Waals surface area contributed by atoms with Gasteiger partial charge >= 0.3 is 0 Å². The highest BCUT2D eigenvalue weighted by Crippen LogP contribution is 2.23. The molecule has 2 aliphatic rings. The summed E-state index contributed by atoms with van der Waals surface area (Å²) < 4.78 is 13.8.